The third kappa shape index (κ3) is 4.63. The van der Waals surface area contributed by atoms with E-state index in [0.717, 1.165) is 29.8 Å². The van der Waals surface area contributed by atoms with E-state index in [4.69, 9.17) is 11.6 Å². The van der Waals surface area contributed by atoms with Crippen LogP contribution < -0.4 is 10.2 Å². The van der Waals surface area contributed by atoms with Crippen LogP contribution in [-0.2, 0) is 6.18 Å². The van der Waals surface area contributed by atoms with Crippen LogP contribution in [0.1, 0.15) is 36.8 Å². The van der Waals surface area contributed by atoms with Crippen LogP contribution in [-0.4, -0.2) is 51.7 Å². The molecule has 2 N–H and O–H groups in total. The smallest absolute Gasteiger partial charge is 0.420 e. The predicted octanol–water partition coefficient (Wildman–Crippen LogP) is 4.96. The molecule has 1 aromatic carbocycles. The molecule has 2 aliphatic rings. The van der Waals surface area contributed by atoms with Gasteiger partial charge in [0, 0.05) is 43.2 Å². The molecular weight excluding hydrogens is 435 g/mol. The number of nitrogens with one attached hydrogen (secondary N) is 1. The second kappa shape index (κ2) is 8.07. The molecule has 31 heavy (non-hydrogen) atoms. The fourth-order valence-corrected chi connectivity index (χ4v) is 4.04. The Hall–Kier alpha value is -2.75. The van der Waals surface area contributed by atoms with Gasteiger partial charge >= 0.3 is 12.3 Å². The van der Waals surface area contributed by atoms with Gasteiger partial charge in [-0.05, 0) is 49.4 Å². The number of piperazine rings is 1. The molecular formula is C20H21ClF3N5O2. The molecule has 1 atom stereocenters. The molecule has 1 aliphatic carbocycles. The first kappa shape index (κ1) is 21.5. The van der Waals surface area contributed by atoms with Crippen LogP contribution in [0.5, 0.6) is 0 Å². The zero-order chi connectivity index (χ0) is 22.3. The van der Waals surface area contributed by atoms with Crippen molar-refractivity contribution in [2.45, 2.75) is 37.9 Å². The molecule has 4 rings (SSSR count). The maximum Gasteiger partial charge on any atom is 0.420 e. The van der Waals surface area contributed by atoms with Crippen LogP contribution in [0.25, 0.3) is 0 Å². The topological polar surface area (TPSA) is 81.6 Å². The van der Waals surface area contributed by atoms with E-state index in [1.165, 1.54) is 4.90 Å². The summed E-state index contributed by atoms with van der Waals surface area (Å²) in [6, 6.07) is 5.68. The molecule has 0 spiro atoms. The summed E-state index contributed by atoms with van der Waals surface area (Å²) >= 11 is 5.71. The largest absolute Gasteiger partial charge is 0.465 e. The number of benzene rings is 1. The van der Waals surface area contributed by atoms with E-state index >= 15 is 0 Å². The summed E-state index contributed by atoms with van der Waals surface area (Å²) in [7, 11) is 0. The molecule has 0 unspecified atom stereocenters. The van der Waals surface area contributed by atoms with Crippen LogP contribution in [0.3, 0.4) is 0 Å². The molecule has 7 nitrogen and oxygen atoms in total. The van der Waals surface area contributed by atoms with Crippen molar-refractivity contribution < 1.29 is 23.1 Å². The molecule has 0 bridgehead atoms. The first-order chi connectivity index (χ1) is 14.6. The average molecular weight is 456 g/mol. The maximum atomic E-state index is 12.9. The van der Waals surface area contributed by atoms with Gasteiger partial charge in [0.15, 0.2) is 0 Å². The van der Waals surface area contributed by atoms with E-state index in [2.05, 4.69) is 26.3 Å². The summed E-state index contributed by atoms with van der Waals surface area (Å²) in [5.41, 5.74) is 1.66. The number of rotatable bonds is 4. The Balaban J connectivity index is 1.55. The van der Waals surface area contributed by atoms with Gasteiger partial charge in [-0.25, -0.2) is 14.8 Å². The van der Waals surface area contributed by atoms with E-state index in [9.17, 15) is 23.1 Å². The number of amides is 1. The standard InChI is InChI=1S/C20H21ClF3N5O2/c1-11-10-28(6-7-29(11)19(30)31)13-4-5-16(14(8-13)12-2-3-12)26-18-25-9-15(17(21)27-18)20(22,23)24/h4-5,8-9,11-12H,2-3,6-7,10H2,1H3,(H,30,31)(H,25,26,27)/t11-/m1/s1. The number of carbonyl (C=O) groups is 1. The molecule has 1 aliphatic heterocycles. The molecule has 1 saturated carbocycles. The van der Waals surface area contributed by atoms with Gasteiger partial charge in [0.05, 0.1) is 0 Å². The van der Waals surface area contributed by atoms with Gasteiger partial charge in [0.25, 0.3) is 0 Å². The van der Waals surface area contributed by atoms with Crippen LogP contribution in [0.2, 0.25) is 5.15 Å². The molecule has 166 valence electrons. The fraction of sp³-hybridized carbons (Fsp3) is 0.450. The molecule has 2 fully saturated rings. The SMILES string of the molecule is C[C@@H]1CN(c2ccc(Nc3ncc(C(F)(F)F)c(Cl)n3)c(C3CC3)c2)CCN1C(=O)O. The number of alkyl halides is 3. The third-order valence-electron chi connectivity index (χ3n) is 5.58. The Morgan fingerprint density at radius 2 is 2.03 bits per heavy atom. The van der Waals surface area contributed by atoms with Gasteiger partial charge < -0.3 is 20.2 Å². The second-order valence-corrected chi connectivity index (χ2v) is 8.20. The minimum absolute atomic E-state index is 0.00338. The summed E-state index contributed by atoms with van der Waals surface area (Å²) in [4.78, 5) is 22.4. The van der Waals surface area contributed by atoms with Gasteiger partial charge in [0.1, 0.15) is 10.7 Å². The van der Waals surface area contributed by atoms with Crippen molar-refractivity contribution in [3.05, 3.63) is 40.7 Å². The molecule has 0 radical (unpaired) electrons. The number of hydrogen-bond donors (Lipinski definition) is 2. The van der Waals surface area contributed by atoms with Gasteiger partial charge in [-0.1, -0.05) is 11.6 Å². The summed E-state index contributed by atoms with van der Waals surface area (Å²) in [6.07, 6.45) is -2.81. The van der Waals surface area contributed by atoms with Crippen molar-refractivity contribution in [1.82, 2.24) is 14.9 Å². The zero-order valence-corrected chi connectivity index (χ0v) is 17.4. The lowest BCUT2D eigenvalue weighted by Gasteiger charge is -2.39. The number of aromatic nitrogens is 2. The molecule has 2 heterocycles. The van der Waals surface area contributed by atoms with Crippen LogP contribution >= 0.6 is 11.6 Å². The van der Waals surface area contributed by atoms with Gasteiger partial charge in [-0.3, -0.25) is 0 Å². The molecule has 2 aromatic rings. The molecule has 1 amide bonds. The highest BCUT2D eigenvalue weighted by Gasteiger charge is 2.35. The Kier molecular flexibility index (Phi) is 5.59. The Labute approximate surface area is 181 Å². The number of nitrogens with zero attached hydrogens (tertiary/aromatic N) is 4. The first-order valence-electron chi connectivity index (χ1n) is 9.88. The lowest BCUT2D eigenvalue weighted by molar-refractivity contribution is -0.137. The highest BCUT2D eigenvalue weighted by atomic mass is 35.5. The van der Waals surface area contributed by atoms with E-state index < -0.39 is 23.0 Å². The van der Waals surface area contributed by atoms with Gasteiger partial charge in [0.2, 0.25) is 5.95 Å². The first-order valence-corrected chi connectivity index (χ1v) is 10.3. The van der Waals surface area contributed by atoms with E-state index in [1.54, 1.807) is 0 Å². The highest BCUT2D eigenvalue weighted by Crippen LogP contribution is 2.45. The van der Waals surface area contributed by atoms with Gasteiger partial charge in [-0.15, -0.1) is 0 Å². The number of halogens is 4. The van der Waals surface area contributed by atoms with Crippen LogP contribution in [0.4, 0.5) is 35.3 Å². The third-order valence-corrected chi connectivity index (χ3v) is 5.87. The summed E-state index contributed by atoms with van der Waals surface area (Å²) < 4.78 is 38.6. The molecule has 1 saturated heterocycles. The summed E-state index contributed by atoms with van der Waals surface area (Å²) in [5, 5.41) is 11.6. The lowest BCUT2D eigenvalue weighted by atomic mass is 10.1. The highest BCUT2D eigenvalue weighted by molar-refractivity contribution is 6.30. The summed E-state index contributed by atoms with van der Waals surface area (Å²) in [6.45, 7) is 3.48. The second-order valence-electron chi connectivity index (χ2n) is 7.84. The maximum absolute atomic E-state index is 12.9. The van der Waals surface area contributed by atoms with Gasteiger partial charge in [-0.2, -0.15) is 13.2 Å². The minimum atomic E-state index is -4.61. The number of carboxylic acid groups (broad SMARTS) is 1. The van der Waals surface area contributed by atoms with Crippen LogP contribution in [0, 0.1) is 0 Å². The lowest BCUT2D eigenvalue weighted by Crippen LogP contribution is -2.53. The van der Waals surface area contributed by atoms with Crippen molar-refractivity contribution in [3.63, 3.8) is 0 Å². The van der Waals surface area contributed by atoms with E-state index in [-0.39, 0.29) is 12.0 Å². The Morgan fingerprint density at radius 1 is 1.29 bits per heavy atom. The predicted molar refractivity (Wildman–Crippen MR) is 110 cm³/mol. The van der Waals surface area contributed by atoms with E-state index in [0.29, 0.717) is 31.7 Å². The average Bonchev–Trinajstić information content (AvgIpc) is 3.52. The summed E-state index contributed by atoms with van der Waals surface area (Å²) in [5.74, 6) is 0.349. The Morgan fingerprint density at radius 3 is 2.61 bits per heavy atom. The normalized spacial score (nSPS) is 19.5. The molecule has 11 heteroatoms. The molecule has 1 aromatic heterocycles. The number of anilines is 3. The van der Waals surface area contributed by atoms with Crippen molar-refractivity contribution in [2.75, 3.05) is 29.9 Å². The van der Waals surface area contributed by atoms with E-state index in [1.807, 2.05) is 19.1 Å². The zero-order valence-electron chi connectivity index (χ0n) is 16.7. The Bertz CT molecular complexity index is 999. The fourth-order valence-electron chi connectivity index (χ4n) is 3.80. The van der Waals surface area contributed by atoms with Crippen LogP contribution in [0.15, 0.2) is 24.4 Å². The quantitative estimate of drug-likeness (QED) is 0.634. The monoisotopic (exact) mass is 455 g/mol. The minimum Gasteiger partial charge on any atom is -0.465 e. The number of hydrogen-bond acceptors (Lipinski definition) is 5. The van der Waals surface area contributed by atoms with Crippen molar-refractivity contribution in [2.24, 2.45) is 0 Å². The van der Waals surface area contributed by atoms with Crippen molar-refractivity contribution >= 4 is 35.0 Å². The van der Waals surface area contributed by atoms with Crippen molar-refractivity contribution in [1.29, 1.82) is 0 Å². The van der Waals surface area contributed by atoms with Crippen molar-refractivity contribution in [3.8, 4) is 0 Å².